The number of guanidine groups is 1. The zero-order valence-electron chi connectivity index (χ0n) is 14.9. The van der Waals surface area contributed by atoms with Crippen LogP contribution in [0.4, 0.5) is 0 Å². The zero-order valence-corrected chi connectivity index (χ0v) is 14.9. The molecule has 130 valence electrons. The molecule has 0 saturated carbocycles. The summed E-state index contributed by atoms with van der Waals surface area (Å²) in [6.45, 7) is 6.84. The fourth-order valence-electron chi connectivity index (χ4n) is 3.35. The van der Waals surface area contributed by atoms with E-state index in [9.17, 15) is 0 Å². The van der Waals surface area contributed by atoms with Gasteiger partial charge in [-0.05, 0) is 26.7 Å². The molecule has 0 amide bonds. The number of likely N-dealkylation sites (tertiary alicyclic amines) is 1. The van der Waals surface area contributed by atoms with Gasteiger partial charge in [0.05, 0.1) is 5.69 Å². The summed E-state index contributed by atoms with van der Waals surface area (Å²) in [5, 5.41) is 14.9. The number of H-pyrrole nitrogens is 1. The summed E-state index contributed by atoms with van der Waals surface area (Å²) >= 11 is 0. The van der Waals surface area contributed by atoms with Crippen LogP contribution in [0.15, 0.2) is 11.3 Å². The molecule has 0 radical (unpaired) electrons. The molecule has 24 heavy (non-hydrogen) atoms. The Bertz CT molecular complexity index is 692. The summed E-state index contributed by atoms with van der Waals surface area (Å²) in [7, 11) is 3.82. The van der Waals surface area contributed by atoms with Crippen LogP contribution in [-0.4, -0.2) is 56.0 Å². The van der Waals surface area contributed by atoms with Crippen molar-refractivity contribution >= 4 is 5.96 Å². The molecule has 3 heterocycles. The highest BCUT2D eigenvalue weighted by atomic mass is 15.3. The first-order valence-electron chi connectivity index (χ1n) is 8.40. The third-order valence-electron chi connectivity index (χ3n) is 4.91. The van der Waals surface area contributed by atoms with Crippen molar-refractivity contribution in [3.8, 4) is 0 Å². The number of aromatic nitrogens is 5. The van der Waals surface area contributed by atoms with E-state index in [0.29, 0.717) is 5.92 Å². The molecule has 2 N–H and O–H groups in total. The van der Waals surface area contributed by atoms with E-state index >= 15 is 0 Å². The number of piperidine rings is 1. The van der Waals surface area contributed by atoms with Crippen LogP contribution in [0.1, 0.15) is 41.5 Å². The van der Waals surface area contributed by atoms with Gasteiger partial charge in [0.15, 0.2) is 5.96 Å². The first-order chi connectivity index (χ1) is 11.6. The normalized spacial score (nSPS) is 16.7. The van der Waals surface area contributed by atoms with Crippen LogP contribution in [0.25, 0.3) is 0 Å². The Morgan fingerprint density at radius 3 is 2.67 bits per heavy atom. The van der Waals surface area contributed by atoms with Gasteiger partial charge in [-0.2, -0.15) is 10.2 Å². The highest BCUT2D eigenvalue weighted by molar-refractivity contribution is 5.80. The molecule has 0 atom stereocenters. The van der Waals surface area contributed by atoms with Crippen LogP contribution in [0.5, 0.6) is 0 Å². The number of rotatable bonds is 3. The summed E-state index contributed by atoms with van der Waals surface area (Å²) in [5.41, 5.74) is 3.51. The fourth-order valence-corrected chi connectivity index (χ4v) is 3.35. The monoisotopic (exact) mass is 330 g/mol. The molecule has 1 saturated heterocycles. The zero-order chi connectivity index (χ0) is 17.1. The van der Waals surface area contributed by atoms with Gasteiger partial charge in [-0.15, -0.1) is 0 Å². The Balaban J connectivity index is 1.57. The Morgan fingerprint density at radius 2 is 2.12 bits per heavy atom. The predicted molar refractivity (Wildman–Crippen MR) is 92.8 cm³/mol. The minimum Gasteiger partial charge on any atom is -0.352 e. The smallest absolute Gasteiger partial charge is 0.193 e. The second kappa shape index (κ2) is 7.02. The standard InChI is InChI=1S/C16H26N8/c1-11-14(12(2)23(4)22-11)9-18-16(17-3)24-7-5-13(6-8-24)15-19-10-20-21-15/h10,13H,5-9H2,1-4H3,(H,17,18)(H,19,20,21). The average molecular weight is 330 g/mol. The molecule has 1 aliphatic rings. The van der Waals surface area contributed by atoms with Crippen molar-refractivity contribution in [2.75, 3.05) is 20.1 Å². The predicted octanol–water partition coefficient (Wildman–Crippen LogP) is 1.11. The van der Waals surface area contributed by atoms with Crippen LogP contribution >= 0.6 is 0 Å². The maximum Gasteiger partial charge on any atom is 0.193 e. The fraction of sp³-hybridized carbons (Fsp3) is 0.625. The third-order valence-corrected chi connectivity index (χ3v) is 4.91. The second-order valence-electron chi connectivity index (χ2n) is 6.31. The van der Waals surface area contributed by atoms with Crippen molar-refractivity contribution in [3.05, 3.63) is 29.1 Å². The van der Waals surface area contributed by atoms with E-state index in [1.165, 1.54) is 11.3 Å². The molecule has 0 aromatic carbocycles. The quantitative estimate of drug-likeness (QED) is 0.650. The van der Waals surface area contributed by atoms with Gasteiger partial charge in [0, 0.05) is 50.9 Å². The van der Waals surface area contributed by atoms with Gasteiger partial charge < -0.3 is 10.2 Å². The summed E-state index contributed by atoms with van der Waals surface area (Å²) in [5.74, 6) is 2.41. The number of hydrogen-bond acceptors (Lipinski definition) is 4. The Morgan fingerprint density at radius 1 is 1.38 bits per heavy atom. The molecule has 0 bridgehead atoms. The van der Waals surface area contributed by atoms with Gasteiger partial charge >= 0.3 is 0 Å². The largest absolute Gasteiger partial charge is 0.352 e. The van der Waals surface area contributed by atoms with Gasteiger partial charge in [-0.3, -0.25) is 14.8 Å². The van der Waals surface area contributed by atoms with Crippen molar-refractivity contribution < 1.29 is 0 Å². The van der Waals surface area contributed by atoms with E-state index in [1.807, 2.05) is 18.8 Å². The maximum atomic E-state index is 4.47. The molecule has 8 heteroatoms. The minimum absolute atomic E-state index is 0.463. The Hall–Kier alpha value is -2.38. The van der Waals surface area contributed by atoms with Crippen molar-refractivity contribution in [2.45, 2.75) is 39.2 Å². The van der Waals surface area contributed by atoms with Gasteiger partial charge in [0.2, 0.25) is 0 Å². The highest BCUT2D eigenvalue weighted by Crippen LogP contribution is 2.25. The van der Waals surface area contributed by atoms with Crippen LogP contribution < -0.4 is 5.32 Å². The average Bonchev–Trinajstić information content (AvgIpc) is 3.20. The molecule has 8 nitrogen and oxygen atoms in total. The van der Waals surface area contributed by atoms with E-state index in [4.69, 9.17) is 0 Å². The number of nitrogens with one attached hydrogen (secondary N) is 2. The molecule has 2 aromatic rings. The summed E-state index contributed by atoms with van der Waals surface area (Å²) in [6, 6.07) is 0. The van der Waals surface area contributed by atoms with Crippen molar-refractivity contribution in [1.82, 2.24) is 35.2 Å². The van der Waals surface area contributed by atoms with E-state index in [1.54, 1.807) is 6.33 Å². The minimum atomic E-state index is 0.463. The molecule has 0 spiro atoms. The van der Waals surface area contributed by atoms with Crippen LogP contribution in [0.2, 0.25) is 0 Å². The van der Waals surface area contributed by atoms with Gasteiger partial charge in [-0.1, -0.05) is 0 Å². The van der Waals surface area contributed by atoms with Gasteiger partial charge in [0.25, 0.3) is 0 Å². The van der Waals surface area contributed by atoms with Crippen LogP contribution in [0.3, 0.4) is 0 Å². The second-order valence-corrected chi connectivity index (χ2v) is 6.31. The highest BCUT2D eigenvalue weighted by Gasteiger charge is 2.24. The summed E-state index contributed by atoms with van der Waals surface area (Å²) < 4.78 is 1.93. The molecule has 2 aromatic heterocycles. The summed E-state index contributed by atoms with van der Waals surface area (Å²) in [6.07, 6.45) is 3.70. The van der Waals surface area contributed by atoms with E-state index < -0.39 is 0 Å². The van der Waals surface area contributed by atoms with E-state index in [2.05, 4.69) is 49.3 Å². The number of aliphatic imine (C=N–C) groups is 1. The lowest BCUT2D eigenvalue weighted by Gasteiger charge is -2.33. The molecule has 3 rings (SSSR count). The Labute approximate surface area is 142 Å². The number of hydrogen-bond donors (Lipinski definition) is 2. The molecular weight excluding hydrogens is 304 g/mol. The number of aryl methyl sites for hydroxylation is 2. The Kier molecular flexibility index (Phi) is 4.82. The van der Waals surface area contributed by atoms with E-state index in [-0.39, 0.29) is 0 Å². The maximum absolute atomic E-state index is 4.47. The molecule has 0 unspecified atom stereocenters. The molecular formula is C16H26N8. The number of nitrogens with zero attached hydrogens (tertiary/aromatic N) is 6. The van der Waals surface area contributed by atoms with Gasteiger partial charge in [-0.25, -0.2) is 4.98 Å². The van der Waals surface area contributed by atoms with E-state index in [0.717, 1.165) is 50.0 Å². The first kappa shape index (κ1) is 16.5. The van der Waals surface area contributed by atoms with Crippen molar-refractivity contribution in [1.29, 1.82) is 0 Å². The lowest BCUT2D eigenvalue weighted by atomic mass is 9.96. The third kappa shape index (κ3) is 3.27. The first-order valence-corrected chi connectivity index (χ1v) is 8.40. The van der Waals surface area contributed by atoms with Gasteiger partial charge in [0.1, 0.15) is 12.2 Å². The van der Waals surface area contributed by atoms with Crippen LogP contribution in [-0.2, 0) is 13.6 Å². The molecule has 1 fully saturated rings. The number of aromatic amines is 1. The molecule has 0 aliphatic carbocycles. The lowest BCUT2D eigenvalue weighted by molar-refractivity contribution is 0.298. The topological polar surface area (TPSA) is 87.0 Å². The SMILES string of the molecule is CN=C(NCc1c(C)nn(C)c1C)N1CCC(c2ncn[nH]2)CC1. The molecule has 1 aliphatic heterocycles. The van der Waals surface area contributed by atoms with Crippen molar-refractivity contribution in [3.63, 3.8) is 0 Å². The lowest BCUT2D eigenvalue weighted by Crippen LogP contribution is -2.45. The summed E-state index contributed by atoms with van der Waals surface area (Å²) in [4.78, 5) is 11.0. The van der Waals surface area contributed by atoms with Crippen molar-refractivity contribution in [2.24, 2.45) is 12.0 Å². The van der Waals surface area contributed by atoms with Crippen LogP contribution in [0, 0.1) is 13.8 Å².